The van der Waals surface area contributed by atoms with Gasteiger partial charge in [0.2, 0.25) is 0 Å². The lowest BCUT2D eigenvalue weighted by Gasteiger charge is -2.07. The summed E-state index contributed by atoms with van der Waals surface area (Å²) in [5.41, 5.74) is 8.64. The lowest BCUT2D eigenvalue weighted by molar-refractivity contribution is 0.761. The molecule has 2 heterocycles. The maximum absolute atomic E-state index is 6.09. The van der Waals surface area contributed by atoms with E-state index in [0.717, 1.165) is 17.0 Å². The van der Waals surface area contributed by atoms with Gasteiger partial charge in [-0.1, -0.05) is 17.7 Å². The number of hydrogen-bond donors (Lipinski definition) is 1. The van der Waals surface area contributed by atoms with Crippen LogP contribution in [0, 0.1) is 6.92 Å². The summed E-state index contributed by atoms with van der Waals surface area (Å²) in [6, 6.07) is 5.58. The third-order valence-corrected chi connectivity index (χ3v) is 2.54. The van der Waals surface area contributed by atoms with Crippen molar-refractivity contribution in [2.75, 3.05) is 0 Å². The molecule has 2 aromatic heterocycles. The molecule has 0 bridgehead atoms. The molecule has 0 saturated heterocycles. The van der Waals surface area contributed by atoms with E-state index in [1.54, 1.807) is 0 Å². The minimum absolute atomic E-state index is 0.0649. The molecule has 1 atom stereocenters. The van der Waals surface area contributed by atoms with Crippen molar-refractivity contribution in [2.45, 2.75) is 19.9 Å². The van der Waals surface area contributed by atoms with Crippen LogP contribution in [0.1, 0.15) is 24.4 Å². The predicted octanol–water partition coefficient (Wildman–Crippen LogP) is 2.32. The molecule has 0 fully saturated rings. The summed E-state index contributed by atoms with van der Waals surface area (Å²) in [4.78, 5) is 4.39. The van der Waals surface area contributed by atoms with E-state index < -0.39 is 0 Å². The molecule has 0 aliphatic heterocycles. The number of rotatable bonds is 1. The summed E-state index contributed by atoms with van der Waals surface area (Å²) >= 11 is 6.09. The zero-order valence-electron chi connectivity index (χ0n) is 8.16. The molecule has 74 valence electrons. The second kappa shape index (κ2) is 3.26. The Morgan fingerprint density at radius 2 is 2.21 bits per heavy atom. The van der Waals surface area contributed by atoms with Crippen LogP contribution in [0.2, 0.25) is 5.15 Å². The SMILES string of the molecule is Cc1nc2cccc(Cl)n2c1C(C)N. The van der Waals surface area contributed by atoms with E-state index in [4.69, 9.17) is 17.3 Å². The van der Waals surface area contributed by atoms with Crippen LogP contribution >= 0.6 is 11.6 Å². The molecule has 0 aromatic carbocycles. The fourth-order valence-electron chi connectivity index (χ4n) is 1.72. The quantitative estimate of drug-likeness (QED) is 0.733. The first-order valence-electron chi connectivity index (χ1n) is 4.50. The lowest BCUT2D eigenvalue weighted by Crippen LogP contribution is -2.10. The van der Waals surface area contributed by atoms with Crippen LogP contribution < -0.4 is 5.73 Å². The minimum Gasteiger partial charge on any atom is -0.323 e. The highest BCUT2D eigenvalue weighted by atomic mass is 35.5. The number of aryl methyl sites for hydroxylation is 1. The number of pyridine rings is 1. The summed E-state index contributed by atoms with van der Waals surface area (Å²) in [5.74, 6) is 0. The molecule has 0 aliphatic carbocycles. The van der Waals surface area contributed by atoms with Gasteiger partial charge in [-0.3, -0.25) is 4.40 Å². The smallest absolute Gasteiger partial charge is 0.138 e. The zero-order chi connectivity index (χ0) is 10.3. The van der Waals surface area contributed by atoms with Crippen molar-refractivity contribution in [3.8, 4) is 0 Å². The highest BCUT2D eigenvalue weighted by Gasteiger charge is 2.13. The number of halogens is 1. The Balaban J connectivity index is 2.86. The predicted molar refractivity (Wildman–Crippen MR) is 57.5 cm³/mol. The summed E-state index contributed by atoms with van der Waals surface area (Å²) in [6.45, 7) is 3.88. The van der Waals surface area contributed by atoms with Crippen LogP contribution in [0.3, 0.4) is 0 Å². The zero-order valence-corrected chi connectivity index (χ0v) is 8.92. The Bertz CT molecular complexity index is 473. The highest BCUT2D eigenvalue weighted by molar-refractivity contribution is 6.29. The van der Waals surface area contributed by atoms with Crippen LogP contribution in [-0.2, 0) is 0 Å². The molecule has 14 heavy (non-hydrogen) atoms. The van der Waals surface area contributed by atoms with E-state index in [0.29, 0.717) is 5.15 Å². The molecule has 2 rings (SSSR count). The van der Waals surface area contributed by atoms with Crippen LogP contribution in [0.15, 0.2) is 18.2 Å². The summed E-state index contributed by atoms with van der Waals surface area (Å²) in [7, 11) is 0. The maximum Gasteiger partial charge on any atom is 0.138 e. The number of aromatic nitrogens is 2. The maximum atomic E-state index is 6.09. The van der Waals surface area contributed by atoms with E-state index in [-0.39, 0.29) is 6.04 Å². The van der Waals surface area contributed by atoms with Gasteiger partial charge in [-0.25, -0.2) is 4.98 Å². The average Bonchev–Trinajstić information content (AvgIpc) is 2.42. The monoisotopic (exact) mass is 209 g/mol. The molecule has 0 radical (unpaired) electrons. The third-order valence-electron chi connectivity index (χ3n) is 2.25. The number of nitrogens with zero attached hydrogens (tertiary/aromatic N) is 2. The standard InChI is InChI=1S/C10H12ClN3/c1-6(12)10-7(2)13-9-5-3-4-8(11)14(9)10/h3-6H,12H2,1-2H3. The fourth-order valence-corrected chi connectivity index (χ4v) is 1.97. The molecule has 4 heteroatoms. The molecule has 0 spiro atoms. The summed E-state index contributed by atoms with van der Waals surface area (Å²) < 4.78 is 1.89. The van der Waals surface area contributed by atoms with E-state index in [9.17, 15) is 0 Å². The number of nitrogens with two attached hydrogens (primary N) is 1. The third kappa shape index (κ3) is 1.29. The largest absolute Gasteiger partial charge is 0.323 e. The van der Waals surface area contributed by atoms with Crippen molar-refractivity contribution in [2.24, 2.45) is 5.73 Å². The molecular weight excluding hydrogens is 198 g/mol. The second-order valence-electron chi connectivity index (χ2n) is 3.41. The van der Waals surface area contributed by atoms with Gasteiger partial charge in [0.1, 0.15) is 10.8 Å². The van der Waals surface area contributed by atoms with Gasteiger partial charge in [-0.15, -0.1) is 0 Å². The van der Waals surface area contributed by atoms with Gasteiger partial charge in [-0.05, 0) is 26.0 Å². The highest BCUT2D eigenvalue weighted by Crippen LogP contribution is 2.22. The number of hydrogen-bond acceptors (Lipinski definition) is 2. The Kier molecular flexibility index (Phi) is 2.21. The minimum atomic E-state index is -0.0649. The summed E-state index contributed by atoms with van der Waals surface area (Å²) in [6.07, 6.45) is 0. The van der Waals surface area contributed by atoms with E-state index >= 15 is 0 Å². The van der Waals surface area contributed by atoms with Crippen molar-refractivity contribution >= 4 is 17.2 Å². The first-order chi connectivity index (χ1) is 6.61. The normalized spacial score (nSPS) is 13.4. The molecule has 2 aromatic rings. The number of imidazole rings is 1. The molecular formula is C10H12ClN3. The van der Waals surface area contributed by atoms with Gasteiger partial charge in [0.05, 0.1) is 11.4 Å². The van der Waals surface area contributed by atoms with Crippen LogP contribution in [0.25, 0.3) is 5.65 Å². The Hall–Kier alpha value is -1.06. The van der Waals surface area contributed by atoms with E-state index in [1.807, 2.05) is 36.4 Å². The van der Waals surface area contributed by atoms with Crippen LogP contribution in [0.4, 0.5) is 0 Å². The van der Waals surface area contributed by atoms with Crippen molar-refractivity contribution < 1.29 is 0 Å². The van der Waals surface area contributed by atoms with Gasteiger partial charge in [0, 0.05) is 6.04 Å². The van der Waals surface area contributed by atoms with Crippen LogP contribution in [0.5, 0.6) is 0 Å². The van der Waals surface area contributed by atoms with Crippen molar-refractivity contribution in [3.05, 3.63) is 34.7 Å². The van der Waals surface area contributed by atoms with Gasteiger partial charge < -0.3 is 5.73 Å². The average molecular weight is 210 g/mol. The Labute approximate surface area is 87.5 Å². The molecule has 3 nitrogen and oxygen atoms in total. The Morgan fingerprint density at radius 1 is 1.50 bits per heavy atom. The van der Waals surface area contributed by atoms with Crippen molar-refractivity contribution in [1.29, 1.82) is 0 Å². The molecule has 2 N–H and O–H groups in total. The van der Waals surface area contributed by atoms with Crippen molar-refractivity contribution in [3.63, 3.8) is 0 Å². The molecule has 1 unspecified atom stereocenters. The van der Waals surface area contributed by atoms with E-state index in [1.165, 1.54) is 0 Å². The topological polar surface area (TPSA) is 43.3 Å². The van der Waals surface area contributed by atoms with Gasteiger partial charge in [0.25, 0.3) is 0 Å². The van der Waals surface area contributed by atoms with Crippen LogP contribution in [-0.4, -0.2) is 9.38 Å². The molecule has 0 amide bonds. The Morgan fingerprint density at radius 3 is 2.86 bits per heavy atom. The number of fused-ring (bicyclic) bond motifs is 1. The fraction of sp³-hybridized carbons (Fsp3) is 0.300. The van der Waals surface area contributed by atoms with Crippen molar-refractivity contribution in [1.82, 2.24) is 9.38 Å². The van der Waals surface area contributed by atoms with E-state index in [2.05, 4.69) is 4.98 Å². The summed E-state index contributed by atoms with van der Waals surface area (Å²) in [5, 5.41) is 0.649. The van der Waals surface area contributed by atoms with Gasteiger partial charge >= 0.3 is 0 Å². The first-order valence-corrected chi connectivity index (χ1v) is 4.88. The molecule has 0 saturated carbocycles. The second-order valence-corrected chi connectivity index (χ2v) is 3.80. The van der Waals surface area contributed by atoms with Gasteiger partial charge in [-0.2, -0.15) is 0 Å². The first kappa shape index (κ1) is 9.49. The lowest BCUT2D eigenvalue weighted by atomic mass is 10.2. The van der Waals surface area contributed by atoms with Gasteiger partial charge in [0.15, 0.2) is 0 Å². The molecule has 0 aliphatic rings.